The van der Waals surface area contributed by atoms with Crippen LogP contribution in [0.4, 0.5) is 0 Å². The van der Waals surface area contributed by atoms with Crippen LogP contribution >= 0.6 is 0 Å². The van der Waals surface area contributed by atoms with Crippen LogP contribution < -0.4 is 0 Å². The van der Waals surface area contributed by atoms with E-state index in [1.54, 1.807) is 13.8 Å². The molecule has 1 aromatic carbocycles. The second-order valence-electron chi connectivity index (χ2n) is 4.97. The van der Waals surface area contributed by atoms with Gasteiger partial charge in [-0.1, -0.05) is 30.3 Å². The summed E-state index contributed by atoms with van der Waals surface area (Å²) in [5.74, 6) is -1.09. The van der Waals surface area contributed by atoms with Crippen LogP contribution in [-0.2, 0) is 30.4 Å². The summed E-state index contributed by atoms with van der Waals surface area (Å²) < 4.78 is 15.2. The highest BCUT2D eigenvalue weighted by Crippen LogP contribution is 2.09. The zero-order chi connectivity index (χ0) is 18.5. The highest BCUT2D eigenvalue weighted by Gasteiger charge is 2.16. The van der Waals surface area contributed by atoms with Gasteiger partial charge in [0, 0.05) is 12.2 Å². The number of benzene rings is 1. The topological polar surface area (TPSA) is 82.1 Å². The van der Waals surface area contributed by atoms with E-state index in [4.69, 9.17) is 14.2 Å². The standard InChI is InChI=1S/C19H24O6/c1-3-23-18(21)12-10-16(20)17(11-13-19(22)24-4-2)25-14-15-8-6-5-7-9-15/h5-13,16-17,20H,3-4,14H2,1-2H3/b12-10+,13-11+/t16-,17-/m1/s1. The number of ether oxygens (including phenoxy) is 3. The Kier molecular flexibility index (Phi) is 9.89. The molecule has 0 spiro atoms. The maximum atomic E-state index is 11.5. The minimum atomic E-state index is -1.13. The highest BCUT2D eigenvalue weighted by molar-refractivity contribution is 5.82. The molecule has 1 N–H and O–H groups in total. The monoisotopic (exact) mass is 348 g/mol. The summed E-state index contributed by atoms with van der Waals surface area (Å²) >= 11 is 0. The average molecular weight is 348 g/mol. The largest absolute Gasteiger partial charge is 0.463 e. The summed E-state index contributed by atoms with van der Waals surface area (Å²) in [5, 5.41) is 10.2. The molecule has 0 aliphatic heterocycles. The van der Waals surface area contributed by atoms with Crippen molar-refractivity contribution >= 4 is 11.9 Å². The molecule has 25 heavy (non-hydrogen) atoms. The molecule has 0 saturated carbocycles. The highest BCUT2D eigenvalue weighted by atomic mass is 16.5. The number of hydrogen-bond donors (Lipinski definition) is 1. The van der Waals surface area contributed by atoms with Gasteiger partial charge in [0.25, 0.3) is 0 Å². The molecule has 0 amide bonds. The van der Waals surface area contributed by atoms with Crippen LogP contribution in [-0.4, -0.2) is 42.5 Å². The molecule has 6 nitrogen and oxygen atoms in total. The molecule has 136 valence electrons. The predicted molar refractivity (Wildman–Crippen MR) is 92.6 cm³/mol. The summed E-state index contributed by atoms with van der Waals surface area (Å²) in [6.45, 7) is 4.13. The van der Waals surface area contributed by atoms with E-state index in [9.17, 15) is 14.7 Å². The number of esters is 2. The van der Waals surface area contributed by atoms with E-state index < -0.39 is 24.1 Å². The minimum absolute atomic E-state index is 0.239. The van der Waals surface area contributed by atoms with Gasteiger partial charge in [0.2, 0.25) is 0 Å². The van der Waals surface area contributed by atoms with Crippen LogP contribution in [0.2, 0.25) is 0 Å². The van der Waals surface area contributed by atoms with Crippen LogP contribution in [0.3, 0.4) is 0 Å². The first-order valence-corrected chi connectivity index (χ1v) is 8.10. The Morgan fingerprint density at radius 2 is 1.56 bits per heavy atom. The van der Waals surface area contributed by atoms with Crippen molar-refractivity contribution in [3.05, 3.63) is 60.2 Å². The lowest BCUT2D eigenvalue weighted by Gasteiger charge is -2.18. The lowest BCUT2D eigenvalue weighted by molar-refractivity contribution is -0.138. The van der Waals surface area contributed by atoms with Gasteiger partial charge in [0.05, 0.1) is 19.8 Å². The molecular formula is C19H24O6. The first-order valence-electron chi connectivity index (χ1n) is 8.10. The van der Waals surface area contributed by atoms with Gasteiger partial charge in [-0.15, -0.1) is 0 Å². The molecule has 0 aliphatic carbocycles. The van der Waals surface area contributed by atoms with Gasteiger partial charge >= 0.3 is 11.9 Å². The number of aliphatic hydroxyl groups excluding tert-OH is 1. The molecule has 0 bridgehead atoms. The van der Waals surface area contributed by atoms with Crippen molar-refractivity contribution in [2.45, 2.75) is 32.7 Å². The zero-order valence-corrected chi connectivity index (χ0v) is 14.5. The van der Waals surface area contributed by atoms with E-state index in [0.29, 0.717) is 0 Å². The number of aliphatic hydroxyl groups is 1. The smallest absolute Gasteiger partial charge is 0.330 e. The van der Waals surface area contributed by atoms with E-state index in [0.717, 1.165) is 11.6 Å². The first-order chi connectivity index (χ1) is 12.1. The molecule has 6 heteroatoms. The van der Waals surface area contributed by atoms with Crippen molar-refractivity contribution in [3.8, 4) is 0 Å². The summed E-state index contributed by atoms with van der Waals surface area (Å²) in [6, 6.07) is 9.40. The van der Waals surface area contributed by atoms with Crippen LogP contribution in [0.25, 0.3) is 0 Å². The molecule has 1 aromatic rings. The number of carbonyl (C=O) groups excluding carboxylic acids is 2. The van der Waals surface area contributed by atoms with Crippen molar-refractivity contribution in [2.75, 3.05) is 13.2 Å². The van der Waals surface area contributed by atoms with Crippen LogP contribution in [0.15, 0.2) is 54.6 Å². The van der Waals surface area contributed by atoms with Crippen molar-refractivity contribution in [2.24, 2.45) is 0 Å². The minimum Gasteiger partial charge on any atom is -0.463 e. The van der Waals surface area contributed by atoms with Crippen LogP contribution in [0.1, 0.15) is 19.4 Å². The molecule has 0 saturated heterocycles. The number of hydrogen-bond acceptors (Lipinski definition) is 6. The normalized spacial score (nSPS) is 13.7. The molecular weight excluding hydrogens is 324 g/mol. The van der Waals surface area contributed by atoms with Gasteiger partial charge in [-0.3, -0.25) is 0 Å². The Bertz CT molecular complexity index is 579. The second kappa shape index (κ2) is 12.0. The Hall–Kier alpha value is -2.44. The van der Waals surface area contributed by atoms with Crippen molar-refractivity contribution in [3.63, 3.8) is 0 Å². The van der Waals surface area contributed by atoms with Crippen molar-refractivity contribution in [1.29, 1.82) is 0 Å². The van der Waals surface area contributed by atoms with E-state index in [-0.39, 0.29) is 19.8 Å². The van der Waals surface area contributed by atoms with Crippen molar-refractivity contribution in [1.82, 2.24) is 0 Å². The van der Waals surface area contributed by atoms with E-state index in [1.807, 2.05) is 30.3 Å². The third-order valence-corrected chi connectivity index (χ3v) is 3.05. The van der Waals surface area contributed by atoms with Crippen LogP contribution in [0.5, 0.6) is 0 Å². The molecule has 2 atom stereocenters. The van der Waals surface area contributed by atoms with Gasteiger partial charge in [0.1, 0.15) is 12.2 Å². The summed E-state index contributed by atoms with van der Waals surface area (Å²) in [5.41, 5.74) is 0.915. The molecule has 0 fully saturated rings. The third-order valence-electron chi connectivity index (χ3n) is 3.05. The first kappa shape index (κ1) is 20.6. The lowest BCUT2D eigenvalue weighted by Crippen LogP contribution is -2.26. The molecule has 0 unspecified atom stereocenters. The fraction of sp³-hybridized carbons (Fsp3) is 0.368. The average Bonchev–Trinajstić information content (AvgIpc) is 2.61. The maximum absolute atomic E-state index is 11.5. The third kappa shape index (κ3) is 8.83. The molecule has 0 heterocycles. The fourth-order valence-electron chi connectivity index (χ4n) is 1.88. The molecule has 0 aliphatic rings. The SMILES string of the molecule is CCOC(=O)/C=C/[C@@H](O)[C@@H](/C=C/C(=O)OCC)OCc1ccccc1. The maximum Gasteiger partial charge on any atom is 0.330 e. The Morgan fingerprint density at radius 1 is 1.00 bits per heavy atom. The summed E-state index contributed by atoms with van der Waals surface area (Å²) in [4.78, 5) is 22.8. The molecule has 1 rings (SSSR count). The van der Waals surface area contributed by atoms with Gasteiger partial charge in [-0.25, -0.2) is 9.59 Å². The van der Waals surface area contributed by atoms with Crippen LogP contribution in [0, 0.1) is 0 Å². The van der Waals surface area contributed by atoms with Gasteiger partial charge in [-0.2, -0.15) is 0 Å². The summed E-state index contributed by atoms with van der Waals surface area (Å²) in [6.07, 6.45) is 3.05. The van der Waals surface area contributed by atoms with Gasteiger partial charge in [-0.05, 0) is 31.6 Å². The zero-order valence-electron chi connectivity index (χ0n) is 14.5. The quantitative estimate of drug-likeness (QED) is 0.515. The molecule has 0 aromatic heterocycles. The van der Waals surface area contributed by atoms with E-state index >= 15 is 0 Å². The van der Waals surface area contributed by atoms with E-state index in [2.05, 4.69) is 0 Å². The molecule has 0 radical (unpaired) electrons. The second-order valence-corrected chi connectivity index (χ2v) is 4.97. The number of carbonyl (C=O) groups is 2. The summed E-state index contributed by atoms with van der Waals surface area (Å²) in [7, 11) is 0. The van der Waals surface area contributed by atoms with Gasteiger partial charge < -0.3 is 19.3 Å². The van der Waals surface area contributed by atoms with E-state index in [1.165, 1.54) is 18.2 Å². The lowest BCUT2D eigenvalue weighted by atomic mass is 10.1. The van der Waals surface area contributed by atoms with Gasteiger partial charge in [0.15, 0.2) is 0 Å². The Morgan fingerprint density at radius 3 is 2.12 bits per heavy atom. The Labute approximate surface area is 147 Å². The number of rotatable bonds is 10. The fourth-order valence-corrected chi connectivity index (χ4v) is 1.88. The van der Waals surface area contributed by atoms with Crippen molar-refractivity contribution < 1.29 is 28.9 Å². The predicted octanol–water partition coefficient (Wildman–Crippen LogP) is 2.17. The Balaban J connectivity index is 2.75.